The Morgan fingerprint density at radius 3 is 2.70 bits per heavy atom. The number of anilines is 2. The number of nitrogens with two attached hydrogens (primary N) is 1. The number of aliphatic imine (C=N–C) groups is 1. The highest BCUT2D eigenvalue weighted by molar-refractivity contribution is 8.93. The van der Waals surface area contributed by atoms with Crippen LogP contribution in [0, 0.1) is 11.7 Å². The van der Waals surface area contributed by atoms with Gasteiger partial charge >= 0.3 is 0 Å². The average molecular weight is 481 g/mol. The van der Waals surface area contributed by atoms with Crippen molar-refractivity contribution in [1.29, 1.82) is 0 Å². The van der Waals surface area contributed by atoms with Crippen LogP contribution in [0.1, 0.15) is 20.3 Å². The molecule has 1 saturated heterocycles. The number of halogens is 2. The van der Waals surface area contributed by atoms with Gasteiger partial charge < -0.3 is 25.4 Å². The Hall–Kier alpha value is -2.48. The monoisotopic (exact) mass is 480 g/mol. The number of hydrogen-bond donors (Lipinski definition) is 2. The van der Waals surface area contributed by atoms with Gasteiger partial charge in [0.2, 0.25) is 0 Å². The van der Waals surface area contributed by atoms with Crippen LogP contribution in [0.3, 0.4) is 0 Å². The number of nitrogens with zero attached hydrogens (tertiary/aromatic N) is 2. The van der Waals surface area contributed by atoms with Crippen LogP contribution in [0.5, 0.6) is 11.5 Å². The van der Waals surface area contributed by atoms with Gasteiger partial charge in [0.25, 0.3) is 0 Å². The van der Waals surface area contributed by atoms with Crippen LogP contribution >= 0.6 is 17.0 Å². The molecule has 0 amide bonds. The van der Waals surface area contributed by atoms with E-state index in [1.54, 1.807) is 6.07 Å². The van der Waals surface area contributed by atoms with Gasteiger partial charge in [-0.2, -0.15) is 0 Å². The summed E-state index contributed by atoms with van der Waals surface area (Å²) in [5, 5.41) is 3.12. The minimum atomic E-state index is -0.185. The molecule has 164 valence electrons. The first-order chi connectivity index (χ1) is 14.1. The molecular formula is C22H30BrFN4O2. The molecule has 30 heavy (non-hydrogen) atoms. The SMILES string of the molecule is Br.CCOc1ccc(OCC)c(NC(N)=NCC2CCN(c3ccccc3F)C2)c1. The maximum absolute atomic E-state index is 14.0. The van der Waals surface area contributed by atoms with Crippen LogP contribution in [0.4, 0.5) is 15.8 Å². The van der Waals surface area contributed by atoms with Crippen molar-refractivity contribution in [3.63, 3.8) is 0 Å². The predicted octanol–water partition coefficient (Wildman–Crippen LogP) is 4.45. The molecule has 0 aliphatic carbocycles. The fourth-order valence-electron chi connectivity index (χ4n) is 3.46. The average Bonchev–Trinajstić information content (AvgIpc) is 3.18. The van der Waals surface area contributed by atoms with E-state index < -0.39 is 0 Å². The summed E-state index contributed by atoms with van der Waals surface area (Å²) in [6, 6.07) is 12.5. The van der Waals surface area contributed by atoms with E-state index in [0.29, 0.717) is 43.1 Å². The molecule has 0 radical (unpaired) electrons. The maximum Gasteiger partial charge on any atom is 0.193 e. The van der Waals surface area contributed by atoms with E-state index in [9.17, 15) is 4.39 Å². The van der Waals surface area contributed by atoms with E-state index in [2.05, 4.69) is 15.2 Å². The van der Waals surface area contributed by atoms with Crippen molar-refractivity contribution in [1.82, 2.24) is 0 Å². The highest BCUT2D eigenvalue weighted by Gasteiger charge is 2.24. The van der Waals surface area contributed by atoms with Crippen molar-refractivity contribution < 1.29 is 13.9 Å². The van der Waals surface area contributed by atoms with Crippen LogP contribution in [-0.4, -0.2) is 38.8 Å². The molecule has 1 aliphatic rings. The Morgan fingerprint density at radius 1 is 1.20 bits per heavy atom. The zero-order valence-corrected chi connectivity index (χ0v) is 19.1. The number of rotatable bonds is 8. The van der Waals surface area contributed by atoms with Crippen LogP contribution in [0.25, 0.3) is 0 Å². The van der Waals surface area contributed by atoms with Crippen LogP contribution in [0.15, 0.2) is 47.5 Å². The molecule has 1 aliphatic heterocycles. The first-order valence-corrected chi connectivity index (χ1v) is 10.1. The van der Waals surface area contributed by atoms with Gasteiger partial charge in [-0.15, -0.1) is 17.0 Å². The molecule has 2 aromatic rings. The molecule has 2 aromatic carbocycles. The lowest BCUT2D eigenvalue weighted by Gasteiger charge is -2.19. The summed E-state index contributed by atoms with van der Waals surface area (Å²) in [4.78, 5) is 6.56. The first kappa shape index (κ1) is 23.8. The fourth-order valence-corrected chi connectivity index (χ4v) is 3.46. The van der Waals surface area contributed by atoms with Gasteiger partial charge in [0.15, 0.2) is 5.96 Å². The topological polar surface area (TPSA) is 72.1 Å². The van der Waals surface area contributed by atoms with E-state index in [1.807, 2.05) is 44.2 Å². The van der Waals surface area contributed by atoms with Crippen molar-refractivity contribution in [2.75, 3.05) is 43.1 Å². The van der Waals surface area contributed by atoms with Gasteiger partial charge in [0.1, 0.15) is 17.3 Å². The molecule has 0 bridgehead atoms. The van der Waals surface area contributed by atoms with Gasteiger partial charge in [-0.05, 0) is 50.5 Å². The summed E-state index contributed by atoms with van der Waals surface area (Å²) >= 11 is 0. The number of ether oxygens (including phenoxy) is 2. The molecule has 1 heterocycles. The summed E-state index contributed by atoms with van der Waals surface area (Å²) in [6.07, 6.45) is 0.954. The summed E-state index contributed by atoms with van der Waals surface area (Å²) in [5.74, 6) is 1.90. The van der Waals surface area contributed by atoms with Gasteiger partial charge in [0.05, 0.1) is 24.6 Å². The second-order valence-electron chi connectivity index (χ2n) is 6.93. The van der Waals surface area contributed by atoms with Crippen LogP contribution in [0.2, 0.25) is 0 Å². The number of benzene rings is 2. The second-order valence-corrected chi connectivity index (χ2v) is 6.93. The molecule has 6 nitrogen and oxygen atoms in total. The van der Waals surface area contributed by atoms with E-state index in [-0.39, 0.29) is 22.8 Å². The zero-order chi connectivity index (χ0) is 20.6. The smallest absolute Gasteiger partial charge is 0.193 e. The highest BCUT2D eigenvalue weighted by Crippen LogP contribution is 2.30. The molecule has 0 spiro atoms. The minimum Gasteiger partial charge on any atom is -0.494 e. The standard InChI is InChI=1S/C22H29FN4O2.BrH/c1-3-28-17-9-10-21(29-4-2)19(13-17)26-22(24)25-14-16-11-12-27(15-16)20-8-6-5-7-18(20)23;/h5-10,13,16H,3-4,11-12,14-15H2,1-2H3,(H3,24,25,26);1H. The molecule has 0 saturated carbocycles. The number of hydrogen-bond acceptors (Lipinski definition) is 4. The minimum absolute atomic E-state index is 0. The summed E-state index contributed by atoms with van der Waals surface area (Å²) in [7, 11) is 0. The normalized spacial score (nSPS) is 16.2. The lowest BCUT2D eigenvalue weighted by molar-refractivity contribution is 0.332. The molecule has 1 atom stereocenters. The highest BCUT2D eigenvalue weighted by atomic mass is 79.9. The molecule has 3 rings (SSSR count). The Morgan fingerprint density at radius 2 is 1.97 bits per heavy atom. The van der Waals surface area contributed by atoms with Gasteiger partial charge in [-0.25, -0.2) is 4.39 Å². The van der Waals surface area contributed by atoms with E-state index in [1.165, 1.54) is 6.07 Å². The van der Waals surface area contributed by atoms with Crippen molar-refractivity contribution in [3.05, 3.63) is 48.3 Å². The van der Waals surface area contributed by atoms with E-state index in [0.717, 1.165) is 30.9 Å². The van der Waals surface area contributed by atoms with Crippen molar-refractivity contribution in [2.45, 2.75) is 20.3 Å². The molecule has 1 fully saturated rings. The van der Waals surface area contributed by atoms with Crippen molar-refractivity contribution in [3.8, 4) is 11.5 Å². The maximum atomic E-state index is 14.0. The molecule has 3 N–H and O–H groups in total. The number of guanidine groups is 1. The first-order valence-electron chi connectivity index (χ1n) is 10.1. The van der Waals surface area contributed by atoms with E-state index in [4.69, 9.17) is 15.2 Å². The summed E-state index contributed by atoms with van der Waals surface area (Å²) < 4.78 is 25.2. The zero-order valence-electron chi connectivity index (χ0n) is 17.4. The van der Waals surface area contributed by atoms with Crippen LogP contribution < -0.4 is 25.4 Å². The Bertz CT molecular complexity index is 850. The number of nitrogens with one attached hydrogen (secondary N) is 1. The largest absolute Gasteiger partial charge is 0.494 e. The number of para-hydroxylation sites is 1. The predicted molar refractivity (Wildman–Crippen MR) is 126 cm³/mol. The molecule has 0 aromatic heterocycles. The Kier molecular flexibility index (Phi) is 9.23. The molecule has 1 unspecified atom stereocenters. The van der Waals surface area contributed by atoms with Crippen LogP contribution in [-0.2, 0) is 0 Å². The summed E-state index contributed by atoms with van der Waals surface area (Å²) in [5.41, 5.74) is 7.48. The van der Waals surface area contributed by atoms with E-state index >= 15 is 0 Å². The van der Waals surface area contributed by atoms with Gasteiger partial charge in [-0.3, -0.25) is 4.99 Å². The summed E-state index contributed by atoms with van der Waals surface area (Å²) in [6.45, 7) is 7.16. The fraction of sp³-hybridized carbons (Fsp3) is 0.409. The van der Waals surface area contributed by atoms with Crippen molar-refractivity contribution >= 4 is 34.3 Å². The third kappa shape index (κ3) is 6.26. The Balaban J connectivity index is 0.00000320. The quantitative estimate of drug-likeness (QED) is 0.431. The second kappa shape index (κ2) is 11.6. The molecular weight excluding hydrogens is 451 g/mol. The third-order valence-corrected chi connectivity index (χ3v) is 4.82. The Labute approximate surface area is 188 Å². The van der Waals surface area contributed by atoms with Gasteiger partial charge in [-0.1, -0.05) is 12.1 Å². The lowest BCUT2D eigenvalue weighted by atomic mass is 10.1. The third-order valence-electron chi connectivity index (χ3n) is 4.82. The van der Waals surface area contributed by atoms with Gasteiger partial charge in [0, 0.05) is 25.7 Å². The van der Waals surface area contributed by atoms with Crippen molar-refractivity contribution in [2.24, 2.45) is 16.6 Å². The lowest BCUT2D eigenvalue weighted by Crippen LogP contribution is -2.25. The molecule has 8 heteroatoms.